The first-order valence-electron chi connectivity index (χ1n) is 5.49. The average Bonchev–Trinajstić information content (AvgIpc) is 2.67. The molecule has 0 aliphatic rings. The van der Waals surface area contributed by atoms with Crippen LogP contribution < -0.4 is 5.73 Å². The zero-order chi connectivity index (χ0) is 12.3. The number of aryl methyl sites for hydroxylation is 1. The summed E-state index contributed by atoms with van der Waals surface area (Å²) in [5, 5.41) is 7.94. The summed E-state index contributed by atoms with van der Waals surface area (Å²) in [6, 6.07) is 8.20. The van der Waals surface area contributed by atoms with Gasteiger partial charge in [-0.2, -0.15) is 0 Å². The molecule has 5 heteroatoms. The number of nitrogens with zero attached hydrogens (tertiary/aromatic N) is 3. The number of halogens is 1. The molecule has 0 aliphatic heterocycles. The summed E-state index contributed by atoms with van der Waals surface area (Å²) in [6.07, 6.45) is 3.48. The minimum Gasteiger partial charge on any atom is -0.327 e. The van der Waals surface area contributed by atoms with Crippen LogP contribution in [-0.2, 0) is 19.9 Å². The van der Waals surface area contributed by atoms with Gasteiger partial charge in [0.2, 0.25) is 0 Å². The first-order valence-corrected chi connectivity index (χ1v) is 6.28. The van der Waals surface area contributed by atoms with Crippen molar-refractivity contribution in [1.29, 1.82) is 0 Å². The smallest absolute Gasteiger partial charge is 0.0842 e. The van der Waals surface area contributed by atoms with Gasteiger partial charge in [-0.3, -0.25) is 4.68 Å². The Balaban J connectivity index is 1.98. The van der Waals surface area contributed by atoms with Gasteiger partial charge in [-0.1, -0.05) is 39.3 Å². The second-order valence-electron chi connectivity index (χ2n) is 4.14. The minimum atomic E-state index is 0.0606. The number of rotatable bonds is 4. The topological polar surface area (TPSA) is 56.7 Å². The first-order chi connectivity index (χ1) is 8.15. The van der Waals surface area contributed by atoms with E-state index in [0.29, 0.717) is 0 Å². The van der Waals surface area contributed by atoms with E-state index in [9.17, 15) is 0 Å². The summed E-state index contributed by atoms with van der Waals surface area (Å²) < 4.78 is 2.80. The van der Waals surface area contributed by atoms with Crippen LogP contribution in [0.1, 0.15) is 11.3 Å². The van der Waals surface area contributed by atoms with Crippen LogP contribution in [0.25, 0.3) is 0 Å². The molecule has 1 aromatic heterocycles. The van der Waals surface area contributed by atoms with Crippen LogP contribution in [0.4, 0.5) is 0 Å². The quantitative estimate of drug-likeness (QED) is 0.934. The zero-order valence-electron chi connectivity index (χ0n) is 9.68. The second kappa shape index (κ2) is 5.42. The number of aromatic nitrogens is 3. The predicted molar refractivity (Wildman–Crippen MR) is 70.5 cm³/mol. The Kier molecular flexibility index (Phi) is 3.91. The predicted octanol–water partition coefficient (Wildman–Crippen LogP) is 1.69. The Hall–Kier alpha value is -1.20. The molecule has 1 heterocycles. The zero-order valence-corrected chi connectivity index (χ0v) is 11.3. The molecule has 4 nitrogen and oxygen atoms in total. The van der Waals surface area contributed by atoms with Gasteiger partial charge in [0.1, 0.15) is 0 Å². The fourth-order valence-corrected chi connectivity index (χ4v) is 2.22. The summed E-state index contributed by atoms with van der Waals surface area (Å²) in [5.74, 6) is 0. The molecule has 0 aliphatic carbocycles. The average molecular weight is 295 g/mol. The van der Waals surface area contributed by atoms with E-state index in [2.05, 4.69) is 32.3 Å². The van der Waals surface area contributed by atoms with Crippen molar-refractivity contribution in [2.45, 2.75) is 18.9 Å². The lowest BCUT2D eigenvalue weighted by Gasteiger charge is -2.11. The summed E-state index contributed by atoms with van der Waals surface area (Å²) in [6.45, 7) is 0. The Morgan fingerprint density at radius 1 is 1.35 bits per heavy atom. The largest absolute Gasteiger partial charge is 0.327 e. The fourth-order valence-electron chi connectivity index (χ4n) is 1.78. The third-order valence-electron chi connectivity index (χ3n) is 2.56. The van der Waals surface area contributed by atoms with Gasteiger partial charge in [0.25, 0.3) is 0 Å². The molecule has 0 amide bonds. The molecule has 17 heavy (non-hydrogen) atoms. The summed E-state index contributed by atoms with van der Waals surface area (Å²) >= 11 is 3.53. The fraction of sp³-hybridized carbons (Fsp3) is 0.333. The van der Waals surface area contributed by atoms with Crippen molar-refractivity contribution < 1.29 is 0 Å². The molecule has 1 unspecified atom stereocenters. The number of hydrogen-bond donors (Lipinski definition) is 1. The van der Waals surface area contributed by atoms with Crippen molar-refractivity contribution in [3.05, 3.63) is 46.2 Å². The standard InChI is InChI=1S/C12H15BrN4/c1-17-8-11(15-16-17)7-10(14)6-9-4-2-3-5-12(9)13/h2-5,8,10H,6-7,14H2,1H3. The van der Waals surface area contributed by atoms with Gasteiger partial charge in [-0.25, -0.2) is 0 Å². The van der Waals surface area contributed by atoms with E-state index in [0.717, 1.165) is 23.0 Å². The Labute approximate surface area is 109 Å². The van der Waals surface area contributed by atoms with E-state index in [1.165, 1.54) is 5.56 Å². The molecular formula is C12H15BrN4. The van der Waals surface area contributed by atoms with Crippen LogP contribution in [0.15, 0.2) is 34.9 Å². The van der Waals surface area contributed by atoms with E-state index in [-0.39, 0.29) is 6.04 Å². The monoisotopic (exact) mass is 294 g/mol. The highest BCUT2D eigenvalue weighted by molar-refractivity contribution is 9.10. The molecule has 1 atom stereocenters. The van der Waals surface area contributed by atoms with Gasteiger partial charge in [0.15, 0.2) is 0 Å². The minimum absolute atomic E-state index is 0.0606. The summed E-state index contributed by atoms with van der Waals surface area (Å²) in [5.41, 5.74) is 8.28. The van der Waals surface area contributed by atoms with Crippen LogP contribution in [0, 0.1) is 0 Å². The molecule has 0 spiro atoms. The van der Waals surface area contributed by atoms with Crippen molar-refractivity contribution in [3.63, 3.8) is 0 Å². The van der Waals surface area contributed by atoms with Crippen LogP contribution in [0.5, 0.6) is 0 Å². The van der Waals surface area contributed by atoms with Gasteiger partial charge in [0.05, 0.1) is 5.69 Å². The van der Waals surface area contributed by atoms with Crippen molar-refractivity contribution in [2.24, 2.45) is 12.8 Å². The molecule has 2 N–H and O–H groups in total. The molecule has 0 saturated heterocycles. The Morgan fingerprint density at radius 2 is 2.12 bits per heavy atom. The number of benzene rings is 1. The van der Waals surface area contributed by atoms with E-state index in [1.54, 1.807) is 4.68 Å². The van der Waals surface area contributed by atoms with Crippen molar-refractivity contribution in [2.75, 3.05) is 0 Å². The molecule has 0 fully saturated rings. The summed E-state index contributed by atoms with van der Waals surface area (Å²) in [7, 11) is 1.86. The van der Waals surface area contributed by atoms with Gasteiger partial charge in [-0.05, 0) is 18.1 Å². The molecular weight excluding hydrogens is 280 g/mol. The highest BCUT2D eigenvalue weighted by Crippen LogP contribution is 2.17. The van der Waals surface area contributed by atoms with E-state index < -0.39 is 0 Å². The van der Waals surface area contributed by atoms with Crippen LogP contribution in [0.2, 0.25) is 0 Å². The molecule has 0 radical (unpaired) electrons. The molecule has 0 saturated carbocycles. The first kappa shape index (κ1) is 12.3. The van der Waals surface area contributed by atoms with Crippen molar-refractivity contribution >= 4 is 15.9 Å². The van der Waals surface area contributed by atoms with Gasteiger partial charge < -0.3 is 5.73 Å². The van der Waals surface area contributed by atoms with E-state index >= 15 is 0 Å². The van der Waals surface area contributed by atoms with Gasteiger partial charge in [-0.15, -0.1) is 5.10 Å². The van der Waals surface area contributed by atoms with Crippen molar-refractivity contribution in [1.82, 2.24) is 15.0 Å². The van der Waals surface area contributed by atoms with Gasteiger partial charge in [0, 0.05) is 30.2 Å². The Morgan fingerprint density at radius 3 is 2.76 bits per heavy atom. The lowest BCUT2D eigenvalue weighted by Crippen LogP contribution is -2.25. The maximum absolute atomic E-state index is 6.12. The Bertz CT molecular complexity index is 495. The van der Waals surface area contributed by atoms with Crippen LogP contribution in [0.3, 0.4) is 0 Å². The van der Waals surface area contributed by atoms with Crippen molar-refractivity contribution in [3.8, 4) is 0 Å². The molecule has 0 bridgehead atoms. The van der Waals surface area contributed by atoms with Gasteiger partial charge >= 0.3 is 0 Å². The highest BCUT2D eigenvalue weighted by atomic mass is 79.9. The number of nitrogens with two attached hydrogens (primary N) is 1. The lowest BCUT2D eigenvalue weighted by molar-refractivity contribution is 0.650. The SMILES string of the molecule is Cn1cc(CC(N)Cc2ccccc2Br)nn1. The molecule has 90 valence electrons. The normalized spacial score (nSPS) is 12.6. The third kappa shape index (κ3) is 3.38. The lowest BCUT2D eigenvalue weighted by atomic mass is 10.0. The van der Waals surface area contributed by atoms with E-state index in [1.807, 2.05) is 31.4 Å². The molecule has 2 rings (SSSR count). The van der Waals surface area contributed by atoms with Crippen LogP contribution >= 0.6 is 15.9 Å². The summed E-state index contributed by atoms with van der Waals surface area (Å²) in [4.78, 5) is 0. The van der Waals surface area contributed by atoms with E-state index in [4.69, 9.17) is 5.73 Å². The van der Waals surface area contributed by atoms with Crippen LogP contribution in [-0.4, -0.2) is 21.0 Å². The number of hydrogen-bond acceptors (Lipinski definition) is 3. The third-order valence-corrected chi connectivity index (χ3v) is 3.33. The maximum Gasteiger partial charge on any atom is 0.0842 e. The second-order valence-corrected chi connectivity index (χ2v) is 5.00. The molecule has 1 aromatic carbocycles. The highest BCUT2D eigenvalue weighted by Gasteiger charge is 2.09. The maximum atomic E-state index is 6.12. The molecule has 2 aromatic rings.